The van der Waals surface area contributed by atoms with E-state index in [4.69, 9.17) is 0 Å². The maximum Gasteiger partial charge on any atom is 0.342 e. The molecule has 0 saturated heterocycles. The summed E-state index contributed by atoms with van der Waals surface area (Å²) >= 11 is 0. The normalized spacial score (nSPS) is 28.9. The van der Waals surface area contributed by atoms with Gasteiger partial charge in [0, 0.05) is 5.57 Å². The summed E-state index contributed by atoms with van der Waals surface area (Å²) in [6.45, 7) is 1.97. The molecule has 0 N–H and O–H groups in total. The number of carbonyl (C=O) groups is 2. The minimum atomic E-state index is -0.415. The second kappa shape index (κ2) is 2.44. The smallest absolute Gasteiger partial charge is 0.342 e. The van der Waals surface area contributed by atoms with Crippen molar-refractivity contribution in [3.8, 4) is 0 Å². The van der Waals surface area contributed by atoms with E-state index in [2.05, 4.69) is 4.74 Å². The molecule has 0 fully saturated rings. The zero-order chi connectivity index (χ0) is 8.72. The van der Waals surface area contributed by atoms with E-state index in [9.17, 15) is 9.59 Å². The molecule has 0 aromatic heterocycles. The van der Waals surface area contributed by atoms with Gasteiger partial charge in [0.15, 0.2) is 0 Å². The molecule has 0 aromatic carbocycles. The first-order chi connectivity index (χ1) is 5.70. The van der Waals surface area contributed by atoms with Crippen molar-refractivity contribution in [2.24, 2.45) is 5.92 Å². The lowest BCUT2D eigenvalue weighted by molar-refractivity contribution is -0.151. The van der Waals surface area contributed by atoms with Crippen LogP contribution in [0.4, 0.5) is 0 Å². The molecule has 0 spiro atoms. The lowest BCUT2D eigenvalue weighted by atomic mass is 9.85. The third-order valence-electron chi connectivity index (χ3n) is 2.53. The second-order valence-electron chi connectivity index (χ2n) is 3.36. The summed E-state index contributed by atoms with van der Waals surface area (Å²) in [4.78, 5) is 22.2. The van der Waals surface area contributed by atoms with E-state index >= 15 is 0 Å². The van der Waals surface area contributed by atoms with Crippen molar-refractivity contribution >= 4 is 11.9 Å². The number of cyclic esters (lactones) is 2. The Balaban J connectivity index is 2.44. The van der Waals surface area contributed by atoms with Gasteiger partial charge in [-0.2, -0.15) is 0 Å². The van der Waals surface area contributed by atoms with Crippen molar-refractivity contribution in [2.75, 3.05) is 0 Å². The third-order valence-corrected chi connectivity index (χ3v) is 2.53. The van der Waals surface area contributed by atoms with Crippen molar-refractivity contribution in [3.63, 3.8) is 0 Å². The van der Waals surface area contributed by atoms with Crippen LogP contribution in [0.3, 0.4) is 0 Å². The molecule has 0 bridgehead atoms. The average molecular weight is 166 g/mol. The molecule has 2 aliphatic rings. The van der Waals surface area contributed by atoms with Gasteiger partial charge in [-0.25, -0.2) is 9.59 Å². The molecule has 0 aromatic rings. The van der Waals surface area contributed by atoms with Gasteiger partial charge in [0.05, 0.1) is 5.57 Å². The monoisotopic (exact) mass is 166 g/mol. The Kier molecular flexibility index (Phi) is 1.53. The van der Waals surface area contributed by atoms with Gasteiger partial charge in [-0.15, -0.1) is 0 Å². The second-order valence-corrected chi connectivity index (χ2v) is 3.36. The fourth-order valence-corrected chi connectivity index (χ4v) is 1.90. The summed E-state index contributed by atoms with van der Waals surface area (Å²) in [6, 6.07) is 0. The molecule has 1 unspecified atom stereocenters. The lowest BCUT2D eigenvalue weighted by Gasteiger charge is -2.16. The lowest BCUT2D eigenvalue weighted by Crippen LogP contribution is -2.11. The van der Waals surface area contributed by atoms with E-state index in [1.807, 2.05) is 6.92 Å². The molecule has 1 aliphatic carbocycles. The van der Waals surface area contributed by atoms with Gasteiger partial charge < -0.3 is 4.74 Å². The molecule has 3 heteroatoms. The molecular weight excluding hydrogens is 156 g/mol. The van der Waals surface area contributed by atoms with E-state index < -0.39 is 11.9 Å². The van der Waals surface area contributed by atoms with E-state index in [-0.39, 0.29) is 5.92 Å². The number of rotatable bonds is 0. The van der Waals surface area contributed by atoms with Crippen LogP contribution < -0.4 is 0 Å². The Morgan fingerprint density at radius 3 is 2.75 bits per heavy atom. The van der Waals surface area contributed by atoms with Crippen LogP contribution >= 0.6 is 0 Å². The van der Waals surface area contributed by atoms with Crippen molar-refractivity contribution < 1.29 is 14.3 Å². The summed E-state index contributed by atoms with van der Waals surface area (Å²) in [5.74, 6) is -0.628. The van der Waals surface area contributed by atoms with Crippen LogP contribution in [0, 0.1) is 5.92 Å². The topological polar surface area (TPSA) is 43.4 Å². The number of hydrogen-bond donors (Lipinski definition) is 0. The predicted octanol–water partition coefficient (Wildman–Crippen LogP) is 1.19. The Hall–Kier alpha value is -1.12. The zero-order valence-electron chi connectivity index (χ0n) is 6.92. The summed E-state index contributed by atoms with van der Waals surface area (Å²) in [5, 5.41) is 0. The van der Waals surface area contributed by atoms with Gasteiger partial charge in [-0.05, 0) is 25.2 Å². The van der Waals surface area contributed by atoms with Crippen LogP contribution in [0.5, 0.6) is 0 Å². The van der Waals surface area contributed by atoms with Crippen LogP contribution in [-0.2, 0) is 14.3 Å². The van der Waals surface area contributed by atoms with Crippen molar-refractivity contribution in [1.29, 1.82) is 0 Å². The van der Waals surface area contributed by atoms with Crippen LogP contribution in [0.15, 0.2) is 11.1 Å². The fraction of sp³-hybridized carbons (Fsp3) is 0.556. The third kappa shape index (κ3) is 0.891. The van der Waals surface area contributed by atoms with Crippen molar-refractivity contribution in [2.45, 2.75) is 26.2 Å². The maximum atomic E-state index is 11.1. The van der Waals surface area contributed by atoms with E-state index in [0.29, 0.717) is 17.6 Å². The molecule has 0 radical (unpaired) electrons. The molecular formula is C9H10O3. The molecule has 12 heavy (non-hydrogen) atoms. The van der Waals surface area contributed by atoms with Crippen molar-refractivity contribution in [1.82, 2.24) is 0 Å². The van der Waals surface area contributed by atoms with E-state index in [1.165, 1.54) is 0 Å². The minimum Gasteiger partial charge on any atom is -0.386 e. The van der Waals surface area contributed by atoms with Gasteiger partial charge in [-0.3, -0.25) is 0 Å². The summed E-state index contributed by atoms with van der Waals surface area (Å²) in [6.07, 6.45) is 2.69. The number of esters is 2. The Bertz CT molecular complexity index is 288. The number of ether oxygens (including phenoxy) is 1. The fourth-order valence-electron chi connectivity index (χ4n) is 1.90. The average Bonchev–Trinajstić information content (AvgIpc) is 2.29. The molecule has 1 atom stereocenters. The predicted molar refractivity (Wildman–Crippen MR) is 41.1 cm³/mol. The quantitative estimate of drug-likeness (QED) is 0.401. The van der Waals surface area contributed by atoms with Gasteiger partial charge in [-0.1, -0.05) is 6.92 Å². The van der Waals surface area contributed by atoms with Crippen LogP contribution in [0.25, 0.3) is 0 Å². The summed E-state index contributed by atoms with van der Waals surface area (Å²) in [7, 11) is 0. The molecule has 0 amide bonds. The maximum absolute atomic E-state index is 11.1. The van der Waals surface area contributed by atoms with Gasteiger partial charge in [0.25, 0.3) is 0 Å². The highest BCUT2D eigenvalue weighted by atomic mass is 16.6. The first kappa shape index (κ1) is 7.53. The van der Waals surface area contributed by atoms with Gasteiger partial charge in [0.1, 0.15) is 0 Å². The number of hydrogen-bond acceptors (Lipinski definition) is 3. The van der Waals surface area contributed by atoms with Gasteiger partial charge in [0.2, 0.25) is 0 Å². The molecule has 0 saturated carbocycles. The highest BCUT2D eigenvalue weighted by Crippen LogP contribution is 2.35. The molecule has 1 aliphatic heterocycles. The van der Waals surface area contributed by atoms with Crippen LogP contribution in [0.2, 0.25) is 0 Å². The van der Waals surface area contributed by atoms with Gasteiger partial charge >= 0.3 is 11.9 Å². The Morgan fingerprint density at radius 2 is 2.08 bits per heavy atom. The summed E-state index contributed by atoms with van der Waals surface area (Å²) < 4.78 is 4.53. The number of carbonyl (C=O) groups excluding carboxylic acids is 2. The first-order valence-electron chi connectivity index (χ1n) is 4.19. The molecule has 1 heterocycles. The first-order valence-corrected chi connectivity index (χ1v) is 4.19. The Labute approximate surface area is 70.4 Å². The zero-order valence-corrected chi connectivity index (χ0v) is 6.92. The largest absolute Gasteiger partial charge is 0.386 e. The SMILES string of the molecule is CC1CCCC2=C1C(=O)OC2=O. The van der Waals surface area contributed by atoms with E-state index in [0.717, 1.165) is 12.8 Å². The summed E-state index contributed by atoms with van der Waals surface area (Å²) in [5.41, 5.74) is 1.25. The molecule has 3 nitrogen and oxygen atoms in total. The van der Waals surface area contributed by atoms with E-state index in [1.54, 1.807) is 0 Å². The standard InChI is InChI=1S/C9H10O3/c1-5-3-2-4-6-7(5)9(11)12-8(6)10/h5H,2-4H2,1H3. The highest BCUT2D eigenvalue weighted by Gasteiger charge is 2.37. The highest BCUT2D eigenvalue weighted by molar-refractivity contribution is 6.12. The van der Waals surface area contributed by atoms with Crippen LogP contribution in [0.1, 0.15) is 26.2 Å². The van der Waals surface area contributed by atoms with Crippen LogP contribution in [-0.4, -0.2) is 11.9 Å². The van der Waals surface area contributed by atoms with Crippen molar-refractivity contribution in [3.05, 3.63) is 11.1 Å². The minimum absolute atomic E-state index is 0.202. The Morgan fingerprint density at radius 1 is 1.33 bits per heavy atom. The molecule has 64 valence electrons. The molecule has 2 rings (SSSR count).